The van der Waals surface area contributed by atoms with Gasteiger partial charge in [-0.15, -0.1) is 11.3 Å². The molecule has 2 aromatic rings. The number of likely N-dealkylation sites (tertiary alicyclic amines) is 1. The molecule has 1 atom stereocenters. The third kappa shape index (κ3) is 2.45. The van der Waals surface area contributed by atoms with E-state index < -0.39 is 11.6 Å². The predicted molar refractivity (Wildman–Crippen MR) is 73.9 cm³/mol. The van der Waals surface area contributed by atoms with Crippen LogP contribution in [0.4, 0.5) is 8.78 Å². The number of nitrogens with zero attached hydrogens (tertiary/aromatic N) is 1. The monoisotopic (exact) mass is 293 g/mol. The molecule has 1 aromatic heterocycles. The van der Waals surface area contributed by atoms with Crippen molar-refractivity contribution in [2.24, 2.45) is 0 Å². The van der Waals surface area contributed by atoms with E-state index in [4.69, 9.17) is 0 Å². The molecule has 5 heteroatoms. The average molecular weight is 293 g/mol. The van der Waals surface area contributed by atoms with Crippen LogP contribution in [0.15, 0.2) is 35.7 Å². The second-order valence-electron chi connectivity index (χ2n) is 4.88. The van der Waals surface area contributed by atoms with Crippen LogP contribution in [-0.4, -0.2) is 23.9 Å². The first-order valence-corrected chi connectivity index (χ1v) is 7.31. The highest BCUT2D eigenvalue weighted by Crippen LogP contribution is 2.31. The lowest BCUT2D eigenvalue weighted by atomic mass is 10.1. The average Bonchev–Trinajstić information content (AvgIpc) is 3.09. The van der Waals surface area contributed by atoms with Gasteiger partial charge in [-0.25, -0.2) is 8.78 Å². The Hall–Kier alpha value is -1.75. The van der Waals surface area contributed by atoms with Crippen LogP contribution in [0.2, 0.25) is 0 Å². The lowest BCUT2D eigenvalue weighted by Crippen LogP contribution is -2.29. The van der Waals surface area contributed by atoms with E-state index in [0.29, 0.717) is 19.0 Å². The number of rotatable bonds is 2. The number of carbonyl (C=O) groups is 1. The van der Waals surface area contributed by atoms with Crippen LogP contribution in [0, 0.1) is 11.6 Å². The van der Waals surface area contributed by atoms with Crippen molar-refractivity contribution in [2.75, 3.05) is 13.1 Å². The maximum atomic E-state index is 13.6. The molecule has 1 amide bonds. The number of halogens is 2. The Bertz CT molecular complexity index is 627. The Morgan fingerprint density at radius 2 is 2.15 bits per heavy atom. The van der Waals surface area contributed by atoms with Crippen LogP contribution in [0.1, 0.15) is 27.6 Å². The van der Waals surface area contributed by atoms with Crippen LogP contribution in [0.3, 0.4) is 0 Å². The Morgan fingerprint density at radius 1 is 1.30 bits per heavy atom. The van der Waals surface area contributed by atoms with Crippen LogP contribution in [-0.2, 0) is 0 Å². The number of hydrogen-bond acceptors (Lipinski definition) is 2. The van der Waals surface area contributed by atoms with Gasteiger partial charge in [-0.3, -0.25) is 4.79 Å². The highest BCUT2D eigenvalue weighted by Gasteiger charge is 2.29. The van der Waals surface area contributed by atoms with Crippen molar-refractivity contribution in [3.8, 4) is 0 Å². The van der Waals surface area contributed by atoms with E-state index >= 15 is 0 Å². The van der Waals surface area contributed by atoms with Gasteiger partial charge in [0.25, 0.3) is 5.91 Å². The molecule has 1 aliphatic heterocycles. The van der Waals surface area contributed by atoms with Crippen molar-refractivity contribution in [3.63, 3.8) is 0 Å². The Morgan fingerprint density at radius 3 is 2.85 bits per heavy atom. The summed E-state index contributed by atoms with van der Waals surface area (Å²) in [7, 11) is 0. The first kappa shape index (κ1) is 13.2. The van der Waals surface area contributed by atoms with Gasteiger partial charge in [0.05, 0.1) is 5.56 Å². The van der Waals surface area contributed by atoms with Gasteiger partial charge < -0.3 is 4.90 Å². The van der Waals surface area contributed by atoms with E-state index in [1.165, 1.54) is 10.9 Å². The summed E-state index contributed by atoms with van der Waals surface area (Å²) in [6.07, 6.45) is 0.884. The predicted octanol–water partition coefficient (Wildman–Crippen LogP) is 3.66. The molecule has 0 spiro atoms. The highest BCUT2D eigenvalue weighted by molar-refractivity contribution is 7.10. The van der Waals surface area contributed by atoms with Gasteiger partial charge in [-0.2, -0.15) is 0 Å². The summed E-state index contributed by atoms with van der Waals surface area (Å²) in [6.45, 7) is 1.20. The Labute approximate surface area is 119 Å². The van der Waals surface area contributed by atoms with Crippen LogP contribution in [0.25, 0.3) is 0 Å². The summed E-state index contributed by atoms with van der Waals surface area (Å²) in [6, 6.07) is 7.13. The molecule has 0 aliphatic carbocycles. The van der Waals surface area contributed by atoms with Gasteiger partial charge >= 0.3 is 0 Å². The fourth-order valence-electron chi connectivity index (χ4n) is 2.53. The summed E-state index contributed by atoms with van der Waals surface area (Å²) in [5.74, 6) is -1.50. The van der Waals surface area contributed by atoms with E-state index in [9.17, 15) is 13.6 Å². The molecule has 0 radical (unpaired) electrons. The standard InChI is InChI=1S/C15H13F2NOS/c16-11-3-4-12(13(17)8-11)15(19)18-6-5-10(9-18)14-2-1-7-20-14/h1-4,7-8,10H,5-6,9H2. The molecule has 0 N–H and O–H groups in total. The molecule has 1 aliphatic rings. The van der Waals surface area contributed by atoms with Crippen molar-refractivity contribution < 1.29 is 13.6 Å². The van der Waals surface area contributed by atoms with Crippen LogP contribution in [0.5, 0.6) is 0 Å². The third-order valence-electron chi connectivity index (χ3n) is 3.58. The normalized spacial score (nSPS) is 18.5. The first-order valence-electron chi connectivity index (χ1n) is 6.43. The summed E-state index contributed by atoms with van der Waals surface area (Å²) in [5.41, 5.74) is -0.0572. The summed E-state index contributed by atoms with van der Waals surface area (Å²) >= 11 is 1.67. The van der Waals surface area contributed by atoms with Gasteiger partial charge in [-0.1, -0.05) is 6.07 Å². The zero-order chi connectivity index (χ0) is 14.1. The van der Waals surface area contributed by atoms with E-state index in [0.717, 1.165) is 18.6 Å². The van der Waals surface area contributed by atoms with Crippen LogP contribution < -0.4 is 0 Å². The molecule has 1 saturated heterocycles. The molecule has 104 valence electrons. The molecule has 0 bridgehead atoms. The molecule has 3 rings (SSSR count). The van der Waals surface area contributed by atoms with Crippen molar-refractivity contribution >= 4 is 17.2 Å². The summed E-state index contributed by atoms with van der Waals surface area (Å²) < 4.78 is 26.5. The van der Waals surface area contributed by atoms with Gasteiger partial charge in [0.1, 0.15) is 11.6 Å². The molecule has 1 fully saturated rings. The zero-order valence-electron chi connectivity index (χ0n) is 10.7. The maximum absolute atomic E-state index is 13.6. The molecule has 2 heterocycles. The second kappa shape index (κ2) is 5.32. The minimum Gasteiger partial charge on any atom is -0.338 e. The lowest BCUT2D eigenvalue weighted by Gasteiger charge is -2.16. The molecule has 2 nitrogen and oxygen atoms in total. The van der Waals surface area contributed by atoms with Gasteiger partial charge in [0.15, 0.2) is 0 Å². The maximum Gasteiger partial charge on any atom is 0.256 e. The van der Waals surface area contributed by atoms with Crippen molar-refractivity contribution in [3.05, 3.63) is 57.8 Å². The first-order chi connectivity index (χ1) is 9.65. The highest BCUT2D eigenvalue weighted by atomic mass is 32.1. The minimum atomic E-state index is -0.797. The summed E-state index contributed by atoms with van der Waals surface area (Å²) in [4.78, 5) is 15.2. The largest absolute Gasteiger partial charge is 0.338 e. The number of carbonyl (C=O) groups excluding carboxylic acids is 1. The van der Waals surface area contributed by atoms with E-state index in [1.807, 2.05) is 11.4 Å². The van der Waals surface area contributed by atoms with Gasteiger partial charge in [0.2, 0.25) is 0 Å². The smallest absolute Gasteiger partial charge is 0.256 e. The topological polar surface area (TPSA) is 20.3 Å². The number of benzene rings is 1. The Balaban J connectivity index is 1.76. The van der Waals surface area contributed by atoms with Crippen LogP contribution >= 0.6 is 11.3 Å². The van der Waals surface area contributed by atoms with Crippen molar-refractivity contribution in [1.82, 2.24) is 4.90 Å². The van der Waals surface area contributed by atoms with Gasteiger partial charge in [-0.05, 0) is 30.0 Å². The second-order valence-corrected chi connectivity index (χ2v) is 5.86. The summed E-state index contributed by atoms with van der Waals surface area (Å²) in [5, 5.41) is 2.01. The number of thiophene rings is 1. The molecule has 20 heavy (non-hydrogen) atoms. The van der Waals surface area contributed by atoms with E-state index in [2.05, 4.69) is 6.07 Å². The fraction of sp³-hybridized carbons (Fsp3) is 0.267. The molecule has 1 aromatic carbocycles. The minimum absolute atomic E-state index is 0.0572. The molecule has 0 saturated carbocycles. The molecular formula is C15H13F2NOS. The van der Waals surface area contributed by atoms with E-state index in [1.54, 1.807) is 16.2 Å². The Kier molecular flexibility index (Phi) is 3.53. The van der Waals surface area contributed by atoms with E-state index in [-0.39, 0.29) is 11.5 Å². The number of hydrogen-bond donors (Lipinski definition) is 0. The van der Waals surface area contributed by atoms with Gasteiger partial charge in [0, 0.05) is 30.0 Å². The number of amides is 1. The SMILES string of the molecule is O=C(c1ccc(F)cc1F)N1CCC(c2cccs2)C1. The fourth-order valence-corrected chi connectivity index (χ4v) is 3.39. The van der Waals surface area contributed by atoms with Crippen molar-refractivity contribution in [2.45, 2.75) is 12.3 Å². The molecule has 1 unspecified atom stereocenters. The molecular weight excluding hydrogens is 280 g/mol. The third-order valence-corrected chi connectivity index (χ3v) is 4.62. The lowest BCUT2D eigenvalue weighted by molar-refractivity contribution is 0.0786. The quantitative estimate of drug-likeness (QED) is 0.827. The van der Waals surface area contributed by atoms with Crippen molar-refractivity contribution in [1.29, 1.82) is 0 Å². The zero-order valence-corrected chi connectivity index (χ0v) is 11.5.